The molecule has 1 aromatic rings. The fourth-order valence-electron chi connectivity index (χ4n) is 1.70. The van der Waals surface area contributed by atoms with Crippen LogP contribution in [-0.4, -0.2) is 18.0 Å². The van der Waals surface area contributed by atoms with Crippen molar-refractivity contribution in [3.8, 4) is 0 Å². The summed E-state index contributed by atoms with van der Waals surface area (Å²) in [6, 6.07) is 5.62. The van der Waals surface area contributed by atoms with Gasteiger partial charge >= 0.3 is 0 Å². The maximum atomic E-state index is 12.1. The molecule has 0 fully saturated rings. The zero-order valence-electron chi connectivity index (χ0n) is 11.2. The lowest BCUT2D eigenvalue weighted by atomic mass is 9.94. The molecule has 0 aliphatic carbocycles. The number of hydrogen-bond donors (Lipinski definition) is 2. The molecule has 4 heteroatoms. The first-order chi connectivity index (χ1) is 8.43. The number of nitrogens with two attached hydrogens (primary N) is 1. The van der Waals surface area contributed by atoms with E-state index < -0.39 is 0 Å². The number of benzene rings is 1. The predicted octanol–water partition coefficient (Wildman–Crippen LogP) is 3.00. The quantitative estimate of drug-likeness (QED) is 0.878. The Balaban J connectivity index is 2.75. The van der Waals surface area contributed by atoms with Crippen LogP contribution < -0.4 is 11.1 Å². The fourth-order valence-corrected chi connectivity index (χ4v) is 2.07. The highest BCUT2D eigenvalue weighted by atomic mass is 79.9. The van der Waals surface area contributed by atoms with Gasteiger partial charge in [-0.2, -0.15) is 0 Å². The minimum absolute atomic E-state index is 0.0643. The van der Waals surface area contributed by atoms with Crippen molar-refractivity contribution in [1.82, 2.24) is 5.32 Å². The van der Waals surface area contributed by atoms with Gasteiger partial charge in [-0.3, -0.25) is 4.79 Å². The zero-order valence-corrected chi connectivity index (χ0v) is 12.8. The molecule has 0 atom stereocenters. The second-order valence-corrected chi connectivity index (χ2v) is 5.52. The Kier molecular flexibility index (Phi) is 5.35. The molecule has 1 rings (SSSR count). The summed E-state index contributed by atoms with van der Waals surface area (Å²) in [5.74, 6) is -0.0643. The van der Waals surface area contributed by atoms with Crippen molar-refractivity contribution in [1.29, 1.82) is 0 Å². The summed E-state index contributed by atoms with van der Waals surface area (Å²) in [7, 11) is 0. The van der Waals surface area contributed by atoms with E-state index in [2.05, 4.69) is 21.2 Å². The van der Waals surface area contributed by atoms with Crippen LogP contribution in [0.25, 0.3) is 0 Å². The van der Waals surface area contributed by atoms with Gasteiger partial charge in [-0.1, -0.05) is 35.8 Å². The molecule has 3 N–H and O–H groups in total. The first-order valence-electron chi connectivity index (χ1n) is 6.25. The molecule has 0 spiro atoms. The lowest BCUT2D eigenvalue weighted by Gasteiger charge is -2.27. The van der Waals surface area contributed by atoms with E-state index >= 15 is 0 Å². The summed E-state index contributed by atoms with van der Waals surface area (Å²) in [6.07, 6.45) is 1.70. The van der Waals surface area contributed by atoms with Crippen molar-refractivity contribution in [3.63, 3.8) is 0 Å². The predicted molar refractivity (Wildman–Crippen MR) is 78.7 cm³/mol. The van der Waals surface area contributed by atoms with Crippen LogP contribution in [0.3, 0.4) is 0 Å². The second-order valence-electron chi connectivity index (χ2n) is 4.66. The molecule has 1 amide bonds. The molecule has 0 heterocycles. The third-order valence-electron chi connectivity index (χ3n) is 3.52. The highest BCUT2D eigenvalue weighted by Gasteiger charge is 2.21. The Morgan fingerprint density at radius 3 is 2.56 bits per heavy atom. The molecule has 0 aliphatic heterocycles. The van der Waals surface area contributed by atoms with Crippen molar-refractivity contribution in [3.05, 3.63) is 33.8 Å². The molecule has 0 aromatic heterocycles. The Morgan fingerprint density at radius 2 is 2.00 bits per heavy atom. The smallest absolute Gasteiger partial charge is 0.251 e. The topological polar surface area (TPSA) is 55.1 Å². The fraction of sp³-hybridized carbons (Fsp3) is 0.500. The molecule has 3 nitrogen and oxygen atoms in total. The van der Waals surface area contributed by atoms with E-state index in [9.17, 15) is 4.79 Å². The molecular formula is C14H21BrN2O. The number of hydrogen-bond acceptors (Lipinski definition) is 2. The number of amides is 1. The molecule has 0 aliphatic rings. The van der Waals surface area contributed by atoms with E-state index in [0.29, 0.717) is 12.1 Å². The van der Waals surface area contributed by atoms with Crippen LogP contribution in [0.2, 0.25) is 0 Å². The molecule has 1 aromatic carbocycles. The van der Waals surface area contributed by atoms with Gasteiger partial charge in [0.25, 0.3) is 5.91 Å². The average Bonchev–Trinajstić information content (AvgIpc) is 2.39. The Bertz CT molecular complexity index is 428. The van der Waals surface area contributed by atoms with Gasteiger partial charge in [0, 0.05) is 22.1 Å². The second kappa shape index (κ2) is 6.34. The van der Waals surface area contributed by atoms with Crippen molar-refractivity contribution in [2.75, 3.05) is 6.54 Å². The van der Waals surface area contributed by atoms with Crippen LogP contribution in [0.5, 0.6) is 0 Å². The lowest BCUT2D eigenvalue weighted by Crippen LogP contribution is -2.49. The van der Waals surface area contributed by atoms with Crippen molar-refractivity contribution in [2.24, 2.45) is 5.73 Å². The van der Waals surface area contributed by atoms with E-state index in [4.69, 9.17) is 5.73 Å². The van der Waals surface area contributed by atoms with Gasteiger partial charge < -0.3 is 11.1 Å². The maximum absolute atomic E-state index is 12.1. The standard InChI is InChI=1S/C14H21BrN2O/c1-4-14(16,5-2)9-17-13(18)11-7-6-8-12(15)10(11)3/h6-8H,4-5,9,16H2,1-3H3,(H,17,18). The molecule has 18 heavy (non-hydrogen) atoms. The summed E-state index contributed by atoms with van der Waals surface area (Å²) in [6.45, 7) is 6.51. The molecular weight excluding hydrogens is 292 g/mol. The lowest BCUT2D eigenvalue weighted by molar-refractivity contribution is 0.0941. The highest BCUT2D eigenvalue weighted by Crippen LogP contribution is 2.19. The van der Waals surface area contributed by atoms with Crippen molar-refractivity contribution >= 4 is 21.8 Å². The van der Waals surface area contributed by atoms with Crippen LogP contribution in [0, 0.1) is 6.92 Å². The van der Waals surface area contributed by atoms with Gasteiger partial charge in [-0.05, 0) is 37.5 Å². The van der Waals surface area contributed by atoms with Gasteiger partial charge in [0.05, 0.1) is 0 Å². The van der Waals surface area contributed by atoms with Gasteiger partial charge in [0.1, 0.15) is 0 Å². The summed E-state index contributed by atoms with van der Waals surface area (Å²) in [5.41, 5.74) is 7.50. The number of rotatable bonds is 5. The molecule has 0 radical (unpaired) electrons. The Hall–Kier alpha value is -0.870. The minimum atomic E-state index is -0.310. The summed E-state index contributed by atoms with van der Waals surface area (Å²) in [4.78, 5) is 12.1. The number of carbonyl (C=O) groups is 1. The van der Waals surface area contributed by atoms with Crippen LogP contribution in [0.15, 0.2) is 22.7 Å². The SMILES string of the molecule is CCC(N)(CC)CNC(=O)c1cccc(Br)c1C. The summed E-state index contributed by atoms with van der Waals surface area (Å²) in [5, 5.41) is 2.92. The molecule has 0 bridgehead atoms. The van der Waals surface area contributed by atoms with Gasteiger partial charge in [0.2, 0.25) is 0 Å². The average molecular weight is 313 g/mol. The van der Waals surface area contributed by atoms with Crippen molar-refractivity contribution < 1.29 is 4.79 Å². The molecule has 0 saturated heterocycles. The normalized spacial score (nSPS) is 11.4. The minimum Gasteiger partial charge on any atom is -0.350 e. The van der Waals surface area contributed by atoms with Crippen molar-refractivity contribution in [2.45, 2.75) is 39.2 Å². The zero-order chi connectivity index (χ0) is 13.8. The number of nitrogens with one attached hydrogen (secondary N) is 1. The first-order valence-corrected chi connectivity index (χ1v) is 7.05. The molecule has 0 saturated carbocycles. The highest BCUT2D eigenvalue weighted by molar-refractivity contribution is 9.10. The maximum Gasteiger partial charge on any atom is 0.251 e. The Labute approximate surface area is 117 Å². The number of halogens is 1. The molecule has 0 unspecified atom stereocenters. The largest absolute Gasteiger partial charge is 0.350 e. The van der Waals surface area contributed by atoms with Gasteiger partial charge in [-0.15, -0.1) is 0 Å². The van der Waals surface area contributed by atoms with Crippen LogP contribution in [0.4, 0.5) is 0 Å². The first kappa shape index (κ1) is 15.2. The third-order valence-corrected chi connectivity index (χ3v) is 4.38. The van der Waals surface area contributed by atoms with E-state index in [1.165, 1.54) is 0 Å². The summed E-state index contributed by atoms with van der Waals surface area (Å²) < 4.78 is 0.945. The van der Waals surface area contributed by atoms with E-state index in [1.807, 2.05) is 39.0 Å². The number of carbonyl (C=O) groups excluding carboxylic acids is 1. The van der Waals surface area contributed by atoms with Crippen LogP contribution in [0.1, 0.15) is 42.6 Å². The molecule has 100 valence electrons. The van der Waals surface area contributed by atoms with E-state index in [0.717, 1.165) is 22.9 Å². The monoisotopic (exact) mass is 312 g/mol. The summed E-state index contributed by atoms with van der Waals surface area (Å²) >= 11 is 3.43. The third kappa shape index (κ3) is 3.56. The van der Waals surface area contributed by atoms with Crippen LogP contribution >= 0.6 is 15.9 Å². The van der Waals surface area contributed by atoms with Gasteiger partial charge in [-0.25, -0.2) is 0 Å². The van der Waals surface area contributed by atoms with E-state index in [1.54, 1.807) is 0 Å². The van der Waals surface area contributed by atoms with Crippen LogP contribution in [-0.2, 0) is 0 Å². The Morgan fingerprint density at radius 1 is 1.39 bits per heavy atom. The van der Waals surface area contributed by atoms with Gasteiger partial charge in [0.15, 0.2) is 0 Å². The van der Waals surface area contributed by atoms with E-state index in [-0.39, 0.29) is 11.4 Å².